The van der Waals surface area contributed by atoms with Crippen LogP contribution >= 0.6 is 0 Å². The first-order valence-electron chi connectivity index (χ1n) is 6.22. The minimum atomic E-state index is -0.0432. The molecule has 0 spiro atoms. The van der Waals surface area contributed by atoms with Gasteiger partial charge in [-0.3, -0.25) is 4.79 Å². The standard InChI is InChI=1S/C15H19NO2/c1-11(2)5-4-8-18-15-9-13(10-16)6-7-14(15)12(3)17/h6-7,9,11H,4-5,8H2,1-3H3. The summed E-state index contributed by atoms with van der Waals surface area (Å²) in [7, 11) is 0. The van der Waals surface area contributed by atoms with Crippen LogP contribution < -0.4 is 4.74 Å². The molecular weight excluding hydrogens is 226 g/mol. The van der Waals surface area contributed by atoms with Crippen molar-refractivity contribution in [1.29, 1.82) is 5.26 Å². The number of ether oxygens (including phenoxy) is 1. The van der Waals surface area contributed by atoms with Gasteiger partial charge in [-0.1, -0.05) is 13.8 Å². The largest absolute Gasteiger partial charge is 0.493 e. The third kappa shape index (κ3) is 4.21. The van der Waals surface area contributed by atoms with Gasteiger partial charge in [0.2, 0.25) is 0 Å². The van der Waals surface area contributed by atoms with E-state index >= 15 is 0 Å². The molecule has 0 fully saturated rings. The Morgan fingerprint density at radius 1 is 1.44 bits per heavy atom. The van der Waals surface area contributed by atoms with Gasteiger partial charge in [0, 0.05) is 0 Å². The van der Waals surface area contributed by atoms with Gasteiger partial charge < -0.3 is 4.74 Å². The molecule has 18 heavy (non-hydrogen) atoms. The van der Waals surface area contributed by atoms with Crippen molar-refractivity contribution in [2.45, 2.75) is 33.6 Å². The van der Waals surface area contributed by atoms with Crippen molar-refractivity contribution >= 4 is 5.78 Å². The predicted molar refractivity (Wildman–Crippen MR) is 70.7 cm³/mol. The number of carbonyl (C=O) groups excluding carboxylic acids is 1. The molecule has 0 atom stereocenters. The first-order valence-corrected chi connectivity index (χ1v) is 6.22. The summed E-state index contributed by atoms with van der Waals surface area (Å²) in [6.07, 6.45) is 2.04. The number of ketones is 1. The number of rotatable bonds is 6. The Bertz CT molecular complexity index is 458. The molecule has 0 radical (unpaired) electrons. The summed E-state index contributed by atoms with van der Waals surface area (Å²) < 4.78 is 5.62. The lowest BCUT2D eigenvalue weighted by Crippen LogP contribution is -2.04. The van der Waals surface area contributed by atoms with Crippen molar-refractivity contribution in [3.05, 3.63) is 29.3 Å². The van der Waals surface area contributed by atoms with E-state index in [1.165, 1.54) is 6.92 Å². The second-order valence-electron chi connectivity index (χ2n) is 4.76. The predicted octanol–water partition coefficient (Wildman–Crippen LogP) is 3.58. The molecule has 1 aromatic rings. The fourth-order valence-corrected chi connectivity index (χ4v) is 1.68. The smallest absolute Gasteiger partial charge is 0.163 e. The summed E-state index contributed by atoms with van der Waals surface area (Å²) in [6.45, 7) is 6.41. The Kier molecular flexibility index (Phi) is 5.38. The van der Waals surface area contributed by atoms with E-state index < -0.39 is 0 Å². The Morgan fingerprint density at radius 3 is 2.72 bits per heavy atom. The zero-order valence-corrected chi connectivity index (χ0v) is 11.2. The molecule has 96 valence electrons. The van der Waals surface area contributed by atoms with Gasteiger partial charge in [0.15, 0.2) is 5.78 Å². The summed E-state index contributed by atoms with van der Waals surface area (Å²) in [6, 6.07) is 6.97. The van der Waals surface area contributed by atoms with Gasteiger partial charge in [0.05, 0.1) is 23.8 Å². The highest BCUT2D eigenvalue weighted by Crippen LogP contribution is 2.21. The molecule has 1 rings (SSSR count). The molecule has 0 aliphatic rings. The van der Waals surface area contributed by atoms with Crippen LogP contribution in [0, 0.1) is 17.2 Å². The normalized spacial score (nSPS) is 10.2. The summed E-state index contributed by atoms with van der Waals surface area (Å²) in [5.41, 5.74) is 1.05. The van der Waals surface area contributed by atoms with E-state index in [-0.39, 0.29) is 5.78 Å². The van der Waals surface area contributed by atoms with Crippen molar-refractivity contribution in [3.63, 3.8) is 0 Å². The van der Waals surface area contributed by atoms with E-state index in [1.54, 1.807) is 18.2 Å². The quantitative estimate of drug-likeness (QED) is 0.568. The zero-order chi connectivity index (χ0) is 13.5. The number of nitrogens with zero attached hydrogens (tertiary/aromatic N) is 1. The van der Waals surface area contributed by atoms with Crippen molar-refractivity contribution < 1.29 is 9.53 Å². The fraction of sp³-hybridized carbons (Fsp3) is 0.467. The SMILES string of the molecule is CC(=O)c1ccc(C#N)cc1OCCCC(C)C. The summed E-state index contributed by atoms with van der Waals surface area (Å²) in [5, 5.41) is 8.85. The van der Waals surface area contributed by atoms with Gasteiger partial charge in [-0.25, -0.2) is 0 Å². The van der Waals surface area contributed by atoms with Crippen LogP contribution in [0.2, 0.25) is 0 Å². The lowest BCUT2D eigenvalue weighted by atomic mass is 10.1. The van der Waals surface area contributed by atoms with Gasteiger partial charge in [-0.05, 0) is 43.9 Å². The van der Waals surface area contributed by atoms with E-state index in [1.807, 2.05) is 0 Å². The molecule has 0 N–H and O–H groups in total. The van der Waals surface area contributed by atoms with Gasteiger partial charge in [0.1, 0.15) is 5.75 Å². The van der Waals surface area contributed by atoms with Crippen LogP contribution in [0.15, 0.2) is 18.2 Å². The second-order valence-corrected chi connectivity index (χ2v) is 4.76. The van der Waals surface area contributed by atoms with Crippen molar-refractivity contribution in [2.75, 3.05) is 6.61 Å². The van der Waals surface area contributed by atoms with Gasteiger partial charge >= 0.3 is 0 Å². The van der Waals surface area contributed by atoms with Gasteiger partial charge in [0.25, 0.3) is 0 Å². The number of benzene rings is 1. The topological polar surface area (TPSA) is 50.1 Å². The molecular formula is C15H19NO2. The number of Topliss-reactive ketones (excluding diaryl/α,β-unsaturated/α-hetero) is 1. The average molecular weight is 245 g/mol. The first-order chi connectivity index (χ1) is 8.54. The molecule has 0 bridgehead atoms. The van der Waals surface area contributed by atoms with Crippen LogP contribution in [0.25, 0.3) is 0 Å². The third-order valence-corrected chi connectivity index (χ3v) is 2.67. The Morgan fingerprint density at radius 2 is 2.17 bits per heavy atom. The lowest BCUT2D eigenvalue weighted by molar-refractivity contribution is 0.101. The highest BCUT2D eigenvalue weighted by atomic mass is 16.5. The lowest BCUT2D eigenvalue weighted by Gasteiger charge is -2.11. The highest BCUT2D eigenvalue weighted by molar-refractivity contribution is 5.97. The van der Waals surface area contributed by atoms with Crippen molar-refractivity contribution in [3.8, 4) is 11.8 Å². The maximum Gasteiger partial charge on any atom is 0.163 e. The molecule has 1 aromatic carbocycles. The van der Waals surface area contributed by atoms with Crippen molar-refractivity contribution in [2.24, 2.45) is 5.92 Å². The fourth-order valence-electron chi connectivity index (χ4n) is 1.68. The van der Waals surface area contributed by atoms with E-state index in [9.17, 15) is 4.79 Å². The number of carbonyl (C=O) groups is 1. The van der Waals surface area contributed by atoms with Crippen LogP contribution in [-0.4, -0.2) is 12.4 Å². The summed E-state index contributed by atoms with van der Waals surface area (Å²) in [4.78, 5) is 11.4. The van der Waals surface area contributed by atoms with Gasteiger partial charge in [-0.2, -0.15) is 5.26 Å². The molecule has 0 amide bonds. The molecule has 0 aromatic heterocycles. The van der Waals surface area contributed by atoms with Crippen LogP contribution in [0.4, 0.5) is 0 Å². The number of hydrogen-bond acceptors (Lipinski definition) is 3. The minimum absolute atomic E-state index is 0.0432. The maximum atomic E-state index is 11.4. The summed E-state index contributed by atoms with van der Waals surface area (Å²) in [5.74, 6) is 1.12. The number of hydrogen-bond donors (Lipinski definition) is 0. The molecule has 3 heteroatoms. The van der Waals surface area contributed by atoms with E-state index in [0.29, 0.717) is 29.4 Å². The Balaban J connectivity index is 2.73. The molecule has 0 heterocycles. The minimum Gasteiger partial charge on any atom is -0.493 e. The second kappa shape index (κ2) is 6.80. The molecule has 3 nitrogen and oxygen atoms in total. The monoisotopic (exact) mass is 245 g/mol. The Hall–Kier alpha value is -1.82. The molecule has 0 aliphatic carbocycles. The third-order valence-electron chi connectivity index (χ3n) is 2.67. The molecule has 0 unspecified atom stereocenters. The Labute approximate surface area is 108 Å². The van der Waals surface area contributed by atoms with Crippen molar-refractivity contribution in [1.82, 2.24) is 0 Å². The van der Waals surface area contributed by atoms with Gasteiger partial charge in [-0.15, -0.1) is 0 Å². The average Bonchev–Trinajstić information content (AvgIpc) is 2.33. The summed E-state index contributed by atoms with van der Waals surface area (Å²) >= 11 is 0. The first kappa shape index (κ1) is 14.2. The van der Waals surface area contributed by atoms with Crippen LogP contribution in [0.3, 0.4) is 0 Å². The highest BCUT2D eigenvalue weighted by Gasteiger charge is 2.09. The molecule has 0 saturated heterocycles. The van der Waals surface area contributed by atoms with E-state index in [0.717, 1.165) is 12.8 Å². The molecule has 0 saturated carbocycles. The van der Waals surface area contributed by atoms with E-state index in [4.69, 9.17) is 10.00 Å². The van der Waals surface area contributed by atoms with Crippen LogP contribution in [0.5, 0.6) is 5.75 Å². The maximum absolute atomic E-state index is 11.4. The number of nitriles is 1. The van der Waals surface area contributed by atoms with E-state index in [2.05, 4.69) is 19.9 Å². The van der Waals surface area contributed by atoms with Crippen LogP contribution in [0.1, 0.15) is 49.5 Å². The zero-order valence-electron chi connectivity index (χ0n) is 11.2. The molecule has 0 aliphatic heterocycles. The van der Waals surface area contributed by atoms with Crippen LogP contribution in [-0.2, 0) is 0 Å².